The maximum absolute atomic E-state index is 3.62. The summed E-state index contributed by atoms with van der Waals surface area (Å²) in [6.07, 6.45) is 4.19. The Kier molecular flexibility index (Phi) is 2.37. The number of fused-ring (bicyclic) bond motifs is 1. The molecule has 2 nitrogen and oxygen atoms in total. The first kappa shape index (κ1) is 8.52. The average molecular weight is 168 g/mol. The van der Waals surface area contributed by atoms with E-state index >= 15 is 0 Å². The van der Waals surface area contributed by atoms with Crippen LogP contribution in [0.25, 0.3) is 0 Å². The van der Waals surface area contributed by atoms with Crippen molar-refractivity contribution in [2.75, 3.05) is 13.2 Å². The Bertz CT molecular complexity index is 156. The Morgan fingerprint density at radius 3 is 3.08 bits per heavy atom. The minimum atomic E-state index is 0.785. The fourth-order valence-electron chi connectivity index (χ4n) is 2.62. The summed E-state index contributed by atoms with van der Waals surface area (Å²) < 4.78 is 0. The molecule has 2 atom stereocenters. The molecule has 2 rings (SSSR count). The Labute approximate surface area is 75.3 Å². The number of hydrogen-bond acceptors (Lipinski definition) is 2. The lowest BCUT2D eigenvalue weighted by atomic mass is 9.97. The number of rotatable bonds is 2. The first-order valence-corrected chi connectivity index (χ1v) is 5.25. The van der Waals surface area contributed by atoms with Crippen LogP contribution >= 0.6 is 0 Å². The maximum Gasteiger partial charge on any atom is 0.0486 e. The second kappa shape index (κ2) is 3.35. The van der Waals surface area contributed by atoms with Crippen LogP contribution in [0.3, 0.4) is 0 Å². The molecule has 0 saturated carbocycles. The summed E-state index contributed by atoms with van der Waals surface area (Å²) in [5, 5.41) is 3.62. The molecule has 0 aromatic carbocycles. The molecule has 0 spiro atoms. The third kappa shape index (κ3) is 1.50. The summed E-state index contributed by atoms with van der Waals surface area (Å²) in [7, 11) is 0. The second-order valence-electron chi connectivity index (χ2n) is 4.62. The standard InChI is InChI=1S/C10H20N2/c1-8(2)6-9-10-4-3-5-12(10)7-11-9/h8-11H,3-7H2,1-2H3. The summed E-state index contributed by atoms with van der Waals surface area (Å²) in [6.45, 7) is 7.10. The van der Waals surface area contributed by atoms with Crippen molar-refractivity contribution in [1.29, 1.82) is 0 Å². The first-order chi connectivity index (χ1) is 5.77. The van der Waals surface area contributed by atoms with Crippen molar-refractivity contribution < 1.29 is 0 Å². The van der Waals surface area contributed by atoms with Gasteiger partial charge in [-0.05, 0) is 31.7 Å². The van der Waals surface area contributed by atoms with Crippen LogP contribution in [0.1, 0.15) is 33.1 Å². The van der Waals surface area contributed by atoms with Gasteiger partial charge in [0.05, 0.1) is 0 Å². The van der Waals surface area contributed by atoms with Gasteiger partial charge < -0.3 is 0 Å². The molecule has 2 heterocycles. The van der Waals surface area contributed by atoms with Gasteiger partial charge in [0.1, 0.15) is 0 Å². The molecule has 2 unspecified atom stereocenters. The van der Waals surface area contributed by atoms with Crippen molar-refractivity contribution in [2.24, 2.45) is 5.92 Å². The monoisotopic (exact) mass is 168 g/mol. The zero-order chi connectivity index (χ0) is 8.55. The van der Waals surface area contributed by atoms with Crippen LogP contribution in [-0.2, 0) is 0 Å². The topological polar surface area (TPSA) is 15.3 Å². The fourth-order valence-corrected chi connectivity index (χ4v) is 2.62. The zero-order valence-electron chi connectivity index (χ0n) is 8.21. The Balaban J connectivity index is 1.91. The van der Waals surface area contributed by atoms with Gasteiger partial charge in [-0.25, -0.2) is 0 Å². The highest BCUT2D eigenvalue weighted by molar-refractivity contribution is 4.94. The molecule has 0 aromatic rings. The van der Waals surface area contributed by atoms with Crippen molar-refractivity contribution in [1.82, 2.24) is 10.2 Å². The van der Waals surface area contributed by atoms with E-state index in [2.05, 4.69) is 24.1 Å². The SMILES string of the molecule is CC(C)CC1NCN2CCCC12. The van der Waals surface area contributed by atoms with Crippen LogP contribution in [0, 0.1) is 5.92 Å². The zero-order valence-corrected chi connectivity index (χ0v) is 8.21. The molecular weight excluding hydrogens is 148 g/mol. The number of hydrogen-bond donors (Lipinski definition) is 1. The predicted octanol–water partition coefficient (Wildman–Crippen LogP) is 1.43. The van der Waals surface area contributed by atoms with Crippen molar-refractivity contribution in [3.63, 3.8) is 0 Å². The van der Waals surface area contributed by atoms with Crippen LogP contribution in [-0.4, -0.2) is 30.2 Å². The van der Waals surface area contributed by atoms with Gasteiger partial charge in [-0.15, -0.1) is 0 Å². The summed E-state index contributed by atoms with van der Waals surface area (Å²) >= 11 is 0. The molecule has 0 radical (unpaired) electrons. The van der Waals surface area contributed by atoms with Gasteiger partial charge in [-0.3, -0.25) is 10.2 Å². The van der Waals surface area contributed by atoms with E-state index < -0.39 is 0 Å². The van der Waals surface area contributed by atoms with Crippen LogP contribution in [0.15, 0.2) is 0 Å². The summed E-state index contributed by atoms with van der Waals surface area (Å²) in [4.78, 5) is 2.60. The molecule has 0 aliphatic carbocycles. The van der Waals surface area contributed by atoms with Crippen LogP contribution in [0.5, 0.6) is 0 Å². The molecule has 1 N–H and O–H groups in total. The van der Waals surface area contributed by atoms with E-state index in [1.54, 1.807) is 0 Å². The van der Waals surface area contributed by atoms with Crippen molar-refractivity contribution in [2.45, 2.75) is 45.2 Å². The van der Waals surface area contributed by atoms with Crippen LogP contribution in [0.4, 0.5) is 0 Å². The minimum Gasteiger partial charge on any atom is -0.300 e. The first-order valence-electron chi connectivity index (χ1n) is 5.25. The molecule has 2 saturated heterocycles. The summed E-state index contributed by atoms with van der Waals surface area (Å²) in [5.41, 5.74) is 0. The van der Waals surface area contributed by atoms with E-state index in [0.717, 1.165) is 24.7 Å². The van der Waals surface area contributed by atoms with E-state index in [9.17, 15) is 0 Å². The number of nitrogens with one attached hydrogen (secondary N) is 1. The van der Waals surface area contributed by atoms with Gasteiger partial charge in [0.25, 0.3) is 0 Å². The highest BCUT2D eigenvalue weighted by Crippen LogP contribution is 2.26. The maximum atomic E-state index is 3.62. The molecule has 2 aliphatic heterocycles. The van der Waals surface area contributed by atoms with Crippen LogP contribution < -0.4 is 5.32 Å². The Morgan fingerprint density at radius 1 is 1.50 bits per heavy atom. The molecule has 2 aliphatic rings. The molecular formula is C10H20N2. The summed E-state index contributed by atoms with van der Waals surface area (Å²) in [6, 6.07) is 1.65. The summed E-state index contributed by atoms with van der Waals surface area (Å²) in [5.74, 6) is 0.836. The smallest absolute Gasteiger partial charge is 0.0486 e. The Morgan fingerprint density at radius 2 is 2.33 bits per heavy atom. The van der Waals surface area contributed by atoms with E-state index in [0.29, 0.717) is 0 Å². The average Bonchev–Trinajstić information content (AvgIpc) is 2.52. The van der Waals surface area contributed by atoms with Gasteiger partial charge in [0.2, 0.25) is 0 Å². The second-order valence-corrected chi connectivity index (χ2v) is 4.62. The normalized spacial score (nSPS) is 36.2. The predicted molar refractivity (Wildman–Crippen MR) is 51.0 cm³/mol. The molecule has 2 heteroatoms. The minimum absolute atomic E-state index is 0.785. The molecule has 0 amide bonds. The quantitative estimate of drug-likeness (QED) is 0.671. The van der Waals surface area contributed by atoms with E-state index in [1.165, 1.54) is 25.8 Å². The highest BCUT2D eigenvalue weighted by Gasteiger charge is 2.36. The largest absolute Gasteiger partial charge is 0.300 e. The van der Waals surface area contributed by atoms with Crippen LogP contribution in [0.2, 0.25) is 0 Å². The third-order valence-electron chi connectivity index (χ3n) is 3.16. The highest BCUT2D eigenvalue weighted by atomic mass is 15.3. The van der Waals surface area contributed by atoms with Gasteiger partial charge in [-0.1, -0.05) is 13.8 Å². The van der Waals surface area contributed by atoms with Gasteiger partial charge >= 0.3 is 0 Å². The van der Waals surface area contributed by atoms with Crippen molar-refractivity contribution in [3.8, 4) is 0 Å². The van der Waals surface area contributed by atoms with E-state index in [1.807, 2.05) is 0 Å². The molecule has 12 heavy (non-hydrogen) atoms. The van der Waals surface area contributed by atoms with Crippen molar-refractivity contribution >= 4 is 0 Å². The third-order valence-corrected chi connectivity index (χ3v) is 3.16. The van der Waals surface area contributed by atoms with E-state index in [-0.39, 0.29) is 0 Å². The lowest BCUT2D eigenvalue weighted by molar-refractivity contribution is 0.301. The van der Waals surface area contributed by atoms with Crippen molar-refractivity contribution in [3.05, 3.63) is 0 Å². The molecule has 0 bridgehead atoms. The molecule has 70 valence electrons. The Hall–Kier alpha value is -0.0800. The molecule has 2 fully saturated rings. The van der Waals surface area contributed by atoms with Gasteiger partial charge in [-0.2, -0.15) is 0 Å². The molecule has 0 aromatic heterocycles. The fraction of sp³-hybridized carbons (Fsp3) is 1.00. The lowest BCUT2D eigenvalue weighted by Gasteiger charge is -2.20. The van der Waals surface area contributed by atoms with Gasteiger partial charge in [0.15, 0.2) is 0 Å². The number of nitrogens with zero attached hydrogens (tertiary/aromatic N) is 1. The lowest BCUT2D eigenvalue weighted by Crippen LogP contribution is -2.32. The van der Waals surface area contributed by atoms with Gasteiger partial charge in [0, 0.05) is 18.8 Å². The van der Waals surface area contributed by atoms with E-state index in [4.69, 9.17) is 0 Å².